The zero-order valence-electron chi connectivity index (χ0n) is 11.4. The summed E-state index contributed by atoms with van der Waals surface area (Å²) in [7, 11) is 0. The molecule has 0 radical (unpaired) electrons. The van der Waals surface area contributed by atoms with Crippen molar-refractivity contribution in [2.24, 2.45) is 0 Å². The molecule has 0 aliphatic carbocycles. The molecule has 0 saturated carbocycles. The summed E-state index contributed by atoms with van der Waals surface area (Å²) in [4.78, 5) is 8.32. The topological polar surface area (TPSA) is 37.8 Å². The molecule has 2 aromatic heterocycles. The number of benzene rings is 1. The average molecular weight is 356 g/mol. The number of thiazole rings is 1. The number of hydrogen-bond acceptors (Lipinski definition) is 4. The number of alkyl halides is 3. The van der Waals surface area contributed by atoms with E-state index in [1.165, 1.54) is 12.1 Å². The van der Waals surface area contributed by atoms with Crippen LogP contribution in [0.1, 0.15) is 5.56 Å². The SMILES string of the molecule is FC(F)(F)c1cccc(Nc2nc(-c3cccnc3)c(Cl)s2)c1. The lowest BCUT2D eigenvalue weighted by atomic mass is 10.2. The molecule has 0 aliphatic rings. The minimum absolute atomic E-state index is 0.294. The third-order valence-electron chi connectivity index (χ3n) is 2.96. The summed E-state index contributed by atoms with van der Waals surface area (Å²) in [6.45, 7) is 0. The predicted octanol–water partition coefficient (Wildman–Crippen LogP) is 5.62. The molecule has 8 heteroatoms. The van der Waals surface area contributed by atoms with Crippen molar-refractivity contribution in [1.29, 1.82) is 0 Å². The Labute approximate surface area is 138 Å². The number of nitrogens with zero attached hydrogens (tertiary/aromatic N) is 2. The molecule has 3 rings (SSSR count). The number of hydrogen-bond donors (Lipinski definition) is 1. The fourth-order valence-electron chi connectivity index (χ4n) is 1.93. The number of aromatic nitrogens is 2. The van der Waals surface area contributed by atoms with E-state index in [0.717, 1.165) is 29.0 Å². The Morgan fingerprint density at radius 2 is 1.96 bits per heavy atom. The molecule has 1 N–H and O–H groups in total. The van der Waals surface area contributed by atoms with Gasteiger partial charge in [0.25, 0.3) is 0 Å². The molecule has 0 amide bonds. The number of nitrogens with one attached hydrogen (secondary N) is 1. The Kier molecular flexibility index (Phi) is 4.23. The van der Waals surface area contributed by atoms with Crippen molar-refractivity contribution in [1.82, 2.24) is 9.97 Å². The van der Waals surface area contributed by atoms with Gasteiger partial charge < -0.3 is 5.32 Å². The van der Waals surface area contributed by atoms with Crippen molar-refractivity contribution in [2.75, 3.05) is 5.32 Å². The van der Waals surface area contributed by atoms with Crippen molar-refractivity contribution in [2.45, 2.75) is 6.18 Å². The van der Waals surface area contributed by atoms with Crippen LogP contribution in [-0.4, -0.2) is 9.97 Å². The molecule has 1 aromatic carbocycles. The van der Waals surface area contributed by atoms with E-state index in [2.05, 4.69) is 15.3 Å². The molecule has 3 nitrogen and oxygen atoms in total. The molecular weight excluding hydrogens is 347 g/mol. The van der Waals surface area contributed by atoms with Gasteiger partial charge in [-0.25, -0.2) is 4.98 Å². The van der Waals surface area contributed by atoms with Crippen molar-refractivity contribution >= 4 is 33.8 Å². The molecule has 0 aliphatic heterocycles. The molecule has 0 unspecified atom stereocenters. The Balaban J connectivity index is 1.87. The van der Waals surface area contributed by atoms with E-state index in [9.17, 15) is 13.2 Å². The first-order valence-corrected chi connectivity index (χ1v) is 7.64. The van der Waals surface area contributed by atoms with E-state index in [1.54, 1.807) is 18.5 Å². The molecule has 0 atom stereocenters. The van der Waals surface area contributed by atoms with Crippen LogP contribution in [0.5, 0.6) is 0 Å². The smallest absolute Gasteiger partial charge is 0.331 e. The van der Waals surface area contributed by atoms with Gasteiger partial charge in [0.2, 0.25) is 0 Å². The van der Waals surface area contributed by atoms with Gasteiger partial charge in [-0.15, -0.1) is 0 Å². The minimum atomic E-state index is -4.39. The summed E-state index contributed by atoms with van der Waals surface area (Å²) in [6, 6.07) is 8.48. The molecule has 23 heavy (non-hydrogen) atoms. The van der Waals surface area contributed by atoms with Crippen LogP contribution in [0.3, 0.4) is 0 Å². The maximum absolute atomic E-state index is 12.7. The van der Waals surface area contributed by atoms with Crippen LogP contribution in [0.25, 0.3) is 11.3 Å². The molecule has 0 bridgehead atoms. The standard InChI is InChI=1S/C15H9ClF3N3S/c16-13-12(9-3-2-6-20-8-9)22-14(23-13)21-11-5-1-4-10(7-11)15(17,18)19/h1-8H,(H,21,22). The van der Waals surface area contributed by atoms with Gasteiger partial charge in [0, 0.05) is 23.6 Å². The van der Waals surface area contributed by atoms with Crippen molar-refractivity contribution in [3.8, 4) is 11.3 Å². The van der Waals surface area contributed by atoms with Gasteiger partial charge in [-0.1, -0.05) is 29.0 Å². The van der Waals surface area contributed by atoms with Crippen LogP contribution in [0, 0.1) is 0 Å². The molecule has 118 valence electrons. The van der Waals surface area contributed by atoms with Gasteiger partial charge in [-0.2, -0.15) is 13.2 Å². The molecule has 0 saturated heterocycles. The Bertz CT molecular complexity index is 818. The van der Waals surface area contributed by atoms with Crippen LogP contribution in [0.2, 0.25) is 4.34 Å². The first kappa shape index (κ1) is 15.8. The Morgan fingerprint density at radius 3 is 2.65 bits per heavy atom. The van der Waals surface area contributed by atoms with Crippen LogP contribution in [-0.2, 0) is 6.18 Å². The zero-order valence-corrected chi connectivity index (χ0v) is 13.0. The lowest BCUT2D eigenvalue weighted by Gasteiger charge is -2.08. The Morgan fingerprint density at radius 1 is 1.13 bits per heavy atom. The first-order chi connectivity index (χ1) is 10.9. The lowest BCUT2D eigenvalue weighted by molar-refractivity contribution is -0.137. The predicted molar refractivity (Wildman–Crippen MR) is 85.1 cm³/mol. The summed E-state index contributed by atoms with van der Waals surface area (Å²) in [5.41, 5.74) is 0.852. The summed E-state index contributed by atoms with van der Waals surface area (Å²) in [5.74, 6) is 0. The van der Waals surface area contributed by atoms with E-state index in [4.69, 9.17) is 11.6 Å². The van der Waals surface area contributed by atoms with Crippen molar-refractivity contribution < 1.29 is 13.2 Å². The number of halogens is 4. The highest BCUT2D eigenvalue weighted by Crippen LogP contribution is 2.37. The van der Waals surface area contributed by atoms with E-state index < -0.39 is 11.7 Å². The van der Waals surface area contributed by atoms with Gasteiger partial charge in [-0.05, 0) is 30.3 Å². The number of rotatable bonds is 3. The number of anilines is 2. The van der Waals surface area contributed by atoms with Crippen LogP contribution < -0.4 is 5.32 Å². The van der Waals surface area contributed by atoms with E-state index in [-0.39, 0.29) is 0 Å². The van der Waals surface area contributed by atoms with Crippen LogP contribution >= 0.6 is 22.9 Å². The molecule has 0 spiro atoms. The third-order valence-corrected chi connectivity index (χ3v) is 4.13. The maximum Gasteiger partial charge on any atom is 0.416 e. The Hall–Kier alpha value is -2.12. The zero-order chi connectivity index (χ0) is 16.4. The average Bonchev–Trinajstić information content (AvgIpc) is 2.88. The van der Waals surface area contributed by atoms with Gasteiger partial charge in [-0.3, -0.25) is 4.98 Å². The van der Waals surface area contributed by atoms with Crippen molar-refractivity contribution in [3.63, 3.8) is 0 Å². The fraction of sp³-hybridized carbons (Fsp3) is 0.0667. The van der Waals surface area contributed by atoms with Gasteiger partial charge >= 0.3 is 6.18 Å². The fourth-order valence-corrected chi connectivity index (χ4v) is 3.04. The maximum atomic E-state index is 12.7. The van der Waals surface area contributed by atoms with Crippen LogP contribution in [0.15, 0.2) is 48.8 Å². The highest BCUT2D eigenvalue weighted by molar-refractivity contribution is 7.20. The van der Waals surface area contributed by atoms with E-state index in [1.807, 2.05) is 6.07 Å². The second kappa shape index (κ2) is 6.17. The second-order valence-corrected chi connectivity index (χ2v) is 6.19. The largest absolute Gasteiger partial charge is 0.416 e. The third kappa shape index (κ3) is 3.62. The monoisotopic (exact) mass is 355 g/mol. The lowest BCUT2D eigenvalue weighted by Crippen LogP contribution is -2.05. The van der Waals surface area contributed by atoms with Gasteiger partial charge in [0.05, 0.1) is 5.56 Å². The van der Waals surface area contributed by atoms with Crippen molar-refractivity contribution in [3.05, 3.63) is 58.7 Å². The second-order valence-electron chi connectivity index (χ2n) is 4.59. The highest BCUT2D eigenvalue weighted by atomic mass is 35.5. The molecular formula is C15H9ClF3N3S. The molecule has 0 fully saturated rings. The summed E-state index contributed by atoms with van der Waals surface area (Å²) >= 11 is 7.31. The number of pyridine rings is 1. The first-order valence-electron chi connectivity index (χ1n) is 6.44. The van der Waals surface area contributed by atoms with Crippen LogP contribution in [0.4, 0.5) is 24.0 Å². The minimum Gasteiger partial charge on any atom is -0.331 e. The summed E-state index contributed by atoms with van der Waals surface area (Å²) < 4.78 is 38.6. The highest BCUT2D eigenvalue weighted by Gasteiger charge is 2.30. The van der Waals surface area contributed by atoms with Gasteiger partial charge in [0.15, 0.2) is 5.13 Å². The van der Waals surface area contributed by atoms with E-state index >= 15 is 0 Å². The molecule has 3 aromatic rings. The quantitative estimate of drug-likeness (QED) is 0.662. The summed E-state index contributed by atoms with van der Waals surface area (Å²) in [6.07, 6.45) is -1.14. The van der Waals surface area contributed by atoms with E-state index in [0.29, 0.717) is 20.8 Å². The normalized spacial score (nSPS) is 11.5. The molecule has 2 heterocycles. The van der Waals surface area contributed by atoms with Gasteiger partial charge in [0.1, 0.15) is 10.0 Å². The summed E-state index contributed by atoms with van der Waals surface area (Å²) in [5, 5.41) is 3.26.